The summed E-state index contributed by atoms with van der Waals surface area (Å²) in [6.45, 7) is 0. The number of hydrogen-bond donors (Lipinski definition) is 3. The molecule has 0 radical (unpaired) electrons. The summed E-state index contributed by atoms with van der Waals surface area (Å²) in [7, 11) is 0. The Bertz CT molecular complexity index is 832. The summed E-state index contributed by atoms with van der Waals surface area (Å²) in [5, 5.41) is 19.9. The molecule has 3 rings (SSSR count). The number of hydrogen-bond acceptors (Lipinski definition) is 2. The molecular formula is C14H9NO4. The molecule has 19 heavy (non-hydrogen) atoms. The zero-order valence-corrected chi connectivity index (χ0v) is 9.68. The fourth-order valence-electron chi connectivity index (χ4n) is 2.32. The number of aromatic nitrogens is 1. The molecule has 0 bridgehead atoms. The number of nitrogens with one attached hydrogen (secondary N) is 1. The van der Waals surface area contributed by atoms with E-state index in [-0.39, 0.29) is 11.1 Å². The molecule has 0 amide bonds. The van der Waals surface area contributed by atoms with Gasteiger partial charge in [0.2, 0.25) is 0 Å². The minimum absolute atomic E-state index is 0.207. The van der Waals surface area contributed by atoms with E-state index in [1.54, 1.807) is 6.07 Å². The van der Waals surface area contributed by atoms with Gasteiger partial charge >= 0.3 is 11.9 Å². The van der Waals surface area contributed by atoms with E-state index in [4.69, 9.17) is 5.11 Å². The van der Waals surface area contributed by atoms with Gasteiger partial charge in [-0.1, -0.05) is 24.3 Å². The topological polar surface area (TPSA) is 90.4 Å². The maximum absolute atomic E-state index is 11.3. The van der Waals surface area contributed by atoms with Crippen LogP contribution in [0.5, 0.6) is 0 Å². The number of carboxylic acids is 2. The average Bonchev–Trinajstić information content (AvgIpc) is 2.75. The Labute approximate surface area is 107 Å². The summed E-state index contributed by atoms with van der Waals surface area (Å²) in [5.41, 5.74) is 0.698. The molecule has 3 N–H and O–H groups in total. The molecule has 0 spiro atoms. The summed E-state index contributed by atoms with van der Waals surface area (Å²) in [6, 6.07) is 10.3. The van der Waals surface area contributed by atoms with Crippen LogP contribution in [0.1, 0.15) is 20.7 Å². The molecule has 94 valence electrons. The highest BCUT2D eigenvalue weighted by atomic mass is 16.4. The van der Waals surface area contributed by atoms with E-state index in [1.807, 2.05) is 24.3 Å². The van der Waals surface area contributed by atoms with Crippen molar-refractivity contribution < 1.29 is 19.8 Å². The van der Waals surface area contributed by atoms with Crippen LogP contribution in [0.15, 0.2) is 36.4 Å². The third-order valence-electron chi connectivity index (χ3n) is 3.13. The highest BCUT2D eigenvalue weighted by Crippen LogP contribution is 2.29. The third kappa shape index (κ3) is 1.55. The lowest BCUT2D eigenvalue weighted by Gasteiger charge is -2.02. The van der Waals surface area contributed by atoms with Gasteiger partial charge < -0.3 is 15.2 Å². The lowest BCUT2D eigenvalue weighted by molar-refractivity contribution is 0.0653. The maximum Gasteiger partial charge on any atom is 0.338 e. The Morgan fingerprint density at radius 1 is 0.895 bits per heavy atom. The van der Waals surface area contributed by atoms with Crippen molar-refractivity contribution in [2.45, 2.75) is 0 Å². The first kappa shape index (κ1) is 11.3. The molecule has 0 fully saturated rings. The molecule has 1 heterocycles. The van der Waals surface area contributed by atoms with E-state index in [2.05, 4.69) is 4.98 Å². The first-order chi connectivity index (χ1) is 9.09. The van der Waals surface area contributed by atoms with Crippen molar-refractivity contribution in [3.63, 3.8) is 0 Å². The van der Waals surface area contributed by atoms with Crippen LogP contribution < -0.4 is 0 Å². The number of para-hydroxylation sites is 1. The number of H-pyrrole nitrogens is 1. The Morgan fingerprint density at radius 2 is 1.63 bits per heavy atom. The number of aromatic carboxylic acids is 2. The molecule has 0 aliphatic heterocycles. The Hall–Kier alpha value is -2.82. The Morgan fingerprint density at radius 3 is 2.32 bits per heavy atom. The van der Waals surface area contributed by atoms with Gasteiger partial charge in [-0.05, 0) is 12.1 Å². The Kier molecular flexibility index (Phi) is 2.28. The maximum atomic E-state index is 11.3. The quantitative estimate of drug-likeness (QED) is 0.656. The molecule has 0 aliphatic carbocycles. The van der Waals surface area contributed by atoms with Crippen LogP contribution in [0.25, 0.3) is 21.8 Å². The van der Waals surface area contributed by atoms with E-state index in [1.165, 1.54) is 6.07 Å². The largest absolute Gasteiger partial charge is 0.478 e. The standard InChI is InChI=1S/C14H9NO4/c16-13(17)9-6-5-8-7-3-1-2-4-10(7)15-12(8)11(9)14(18)19/h1-6,15H,(H,16,17)(H,18,19). The van der Waals surface area contributed by atoms with Crippen molar-refractivity contribution in [2.24, 2.45) is 0 Å². The van der Waals surface area contributed by atoms with Crippen molar-refractivity contribution in [1.29, 1.82) is 0 Å². The number of fused-ring (bicyclic) bond motifs is 3. The number of carboxylic acid groups (broad SMARTS) is 2. The Balaban J connectivity index is 2.52. The van der Waals surface area contributed by atoms with Crippen molar-refractivity contribution in [1.82, 2.24) is 4.98 Å². The molecule has 0 saturated carbocycles. The van der Waals surface area contributed by atoms with E-state index < -0.39 is 11.9 Å². The molecule has 5 heteroatoms. The van der Waals surface area contributed by atoms with Crippen molar-refractivity contribution >= 4 is 33.7 Å². The molecular weight excluding hydrogens is 246 g/mol. The number of carbonyl (C=O) groups is 2. The van der Waals surface area contributed by atoms with Crippen LogP contribution in [0.3, 0.4) is 0 Å². The van der Waals surface area contributed by atoms with E-state index >= 15 is 0 Å². The lowest BCUT2D eigenvalue weighted by Crippen LogP contribution is -2.08. The summed E-state index contributed by atoms with van der Waals surface area (Å²) in [6.07, 6.45) is 0. The van der Waals surface area contributed by atoms with Crippen LogP contribution in [0.2, 0.25) is 0 Å². The monoisotopic (exact) mass is 255 g/mol. The zero-order valence-electron chi connectivity index (χ0n) is 9.68. The molecule has 2 aromatic carbocycles. The van der Waals surface area contributed by atoms with Gasteiger partial charge in [-0.2, -0.15) is 0 Å². The van der Waals surface area contributed by atoms with Crippen LogP contribution in [-0.4, -0.2) is 27.1 Å². The highest BCUT2D eigenvalue weighted by molar-refractivity contribution is 6.17. The molecule has 0 aliphatic rings. The van der Waals surface area contributed by atoms with Gasteiger partial charge in [0, 0.05) is 16.3 Å². The smallest absolute Gasteiger partial charge is 0.338 e. The van der Waals surface area contributed by atoms with Gasteiger partial charge in [0.05, 0.1) is 16.6 Å². The SMILES string of the molecule is O=C(O)c1ccc2c([nH]c3ccccc32)c1C(=O)O. The van der Waals surface area contributed by atoms with Gasteiger partial charge in [-0.25, -0.2) is 9.59 Å². The second kappa shape index (κ2) is 3.84. The highest BCUT2D eigenvalue weighted by Gasteiger charge is 2.21. The second-order valence-corrected chi connectivity index (χ2v) is 4.19. The van der Waals surface area contributed by atoms with Gasteiger partial charge in [0.25, 0.3) is 0 Å². The van der Waals surface area contributed by atoms with Crippen LogP contribution >= 0.6 is 0 Å². The minimum atomic E-state index is -1.26. The van der Waals surface area contributed by atoms with Gasteiger partial charge in [-0.15, -0.1) is 0 Å². The fourth-order valence-corrected chi connectivity index (χ4v) is 2.32. The summed E-state index contributed by atoms with van der Waals surface area (Å²) in [4.78, 5) is 25.4. The second-order valence-electron chi connectivity index (χ2n) is 4.19. The van der Waals surface area contributed by atoms with Crippen molar-refractivity contribution in [2.75, 3.05) is 0 Å². The first-order valence-electron chi connectivity index (χ1n) is 5.59. The summed E-state index contributed by atoms with van der Waals surface area (Å²) < 4.78 is 0. The molecule has 3 aromatic rings. The van der Waals surface area contributed by atoms with Crippen LogP contribution in [0.4, 0.5) is 0 Å². The molecule has 0 unspecified atom stereocenters. The van der Waals surface area contributed by atoms with Crippen LogP contribution in [0, 0.1) is 0 Å². The average molecular weight is 255 g/mol. The predicted molar refractivity (Wildman–Crippen MR) is 69.7 cm³/mol. The van der Waals surface area contributed by atoms with Gasteiger partial charge in [0.1, 0.15) is 0 Å². The fraction of sp³-hybridized carbons (Fsp3) is 0. The van der Waals surface area contributed by atoms with E-state index in [9.17, 15) is 14.7 Å². The zero-order chi connectivity index (χ0) is 13.6. The van der Waals surface area contributed by atoms with E-state index in [0.29, 0.717) is 10.9 Å². The molecule has 5 nitrogen and oxygen atoms in total. The molecule has 1 aromatic heterocycles. The van der Waals surface area contributed by atoms with Gasteiger partial charge in [0.15, 0.2) is 0 Å². The number of rotatable bonds is 2. The van der Waals surface area contributed by atoms with Crippen LogP contribution in [-0.2, 0) is 0 Å². The van der Waals surface area contributed by atoms with Gasteiger partial charge in [-0.3, -0.25) is 0 Å². The van der Waals surface area contributed by atoms with Crippen molar-refractivity contribution in [3.05, 3.63) is 47.5 Å². The minimum Gasteiger partial charge on any atom is -0.478 e. The molecule has 0 saturated heterocycles. The van der Waals surface area contributed by atoms with Crippen molar-refractivity contribution in [3.8, 4) is 0 Å². The third-order valence-corrected chi connectivity index (χ3v) is 3.13. The first-order valence-corrected chi connectivity index (χ1v) is 5.59. The van der Waals surface area contributed by atoms with E-state index in [0.717, 1.165) is 10.9 Å². The number of benzene rings is 2. The predicted octanol–water partition coefficient (Wildman–Crippen LogP) is 2.72. The summed E-state index contributed by atoms with van der Waals surface area (Å²) in [5.74, 6) is -2.51. The number of aromatic amines is 1. The lowest BCUT2D eigenvalue weighted by atomic mass is 10.0. The normalized spacial score (nSPS) is 10.9. The molecule has 0 atom stereocenters. The summed E-state index contributed by atoms with van der Waals surface area (Å²) >= 11 is 0.